The van der Waals surface area contributed by atoms with Gasteiger partial charge in [0.05, 0.1) is 0 Å². The van der Waals surface area contributed by atoms with Gasteiger partial charge in [0, 0.05) is 17.6 Å². The third kappa shape index (κ3) is 3.41. The molecule has 1 unspecified atom stereocenters. The molecule has 0 aliphatic heterocycles. The van der Waals surface area contributed by atoms with Crippen molar-refractivity contribution in [3.05, 3.63) is 41.2 Å². The highest BCUT2D eigenvalue weighted by atomic mass is 35.5. The molecule has 1 N–H and O–H groups in total. The zero-order valence-electron chi connectivity index (χ0n) is 10.2. The third-order valence-corrected chi connectivity index (χ3v) is 2.77. The second-order valence-corrected chi connectivity index (χ2v) is 4.06. The lowest BCUT2D eigenvalue weighted by Gasteiger charge is -2.18. The molecule has 2 aromatic rings. The molecule has 1 aromatic carbocycles. The van der Waals surface area contributed by atoms with E-state index >= 15 is 0 Å². The van der Waals surface area contributed by atoms with Crippen LogP contribution >= 0.6 is 11.6 Å². The van der Waals surface area contributed by atoms with Crippen molar-refractivity contribution < 1.29 is 9.53 Å². The number of rotatable bonds is 4. The summed E-state index contributed by atoms with van der Waals surface area (Å²) in [5, 5.41) is 14.1. The number of amides is 1. The Balaban J connectivity index is 2.23. The molecule has 0 saturated heterocycles. The Labute approximate surface area is 114 Å². The van der Waals surface area contributed by atoms with Gasteiger partial charge < -0.3 is 10.1 Å². The summed E-state index contributed by atoms with van der Waals surface area (Å²) < 4.78 is 5.28. The fourth-order valence-corrected chi connectivity index (χ4v) is 1.80. The lowest BCUT2D eigenvalue weighted by Crippen LogP contribution is -2.25. The summed E-state index contributed by atoms with van der Waals surface area (Å²) in [6.45, 7) is 0.233. The zero-order valence-corrected chi connectivity index (χ0v) is 10.9. The number of ether oxygens (including phenoxy) is 1. The van der Waals surface area contributed by atoms with Crippen LogP contribution in [0.15, 0.2) is 30.6 Å². The molecule has 1 heterocycles. The number of nitrogens with one attached hydrogen (secondary N) is 1. The van der Waals surface area contributed by atoms with Gasteiger partial charge in [0.2, 0.25) is 0 Å². The minimum absolute atomic E-state index is 0.233. The lowest BCUT2D eigenvalue weighted by atomic mass is 10.1. The van der Waals surface area contributed by atoms with E-state index in [2.05, 4.69) is 20.7 Å². The molecule has 0 aliphatic rings. The van der Waals surface area contributed by atoms with Crippen LogP contribution in [0.25, 0.3) is 0 Å². The molecular formula is C11H12ClN5O2. The first-order valence-corrected chi connectivity index (χ1v) is 5.92. The number of nitrogens with zero attached hydrogens (tertiary/aromatic N) is 4. The molecule has 1 atom stereocenters. The first kappa shape index (κ1) is 13.3. The van der Waals surface area contributed by atoms with Crippen molar-refractivity contribution in [2.75, 3.05) is 7.05 Å². The highest BCUT2D eigenvalue weighted by Crippen LogP contribution is 2.26. The van der Waals surface area contributed by atoms with Crippen molar-refractivity contribution in [2.45, 2.75) is 12.6 Å². The van der Waals surface area contributed by atoms with Crippen LogP contribution in [0.5, 0.6) is 0 Å². The van der Waals surface area contributed by atoms with Gasteiger partial charge >= 0.3 is 6.09 Å². The Kier molecular flexibility index (Phi) is 4.30. The smallest absolute Gasteiger partial charge is 0.407 e. The van der Waals surface area contributed by atoms with E-state index < -0.39 is 12.2 Å². The monoisotopic (exact) mass is 281 g/mol. The fraction of sp³-hybridized carbons (Fsp3) is 0.273. The minimum Gasteiger partial charge on any atom is -0.439 e. The van der Waals surface area contributed by atoms with Crippen LogP contribution in [0.2, 0.25) is 5.02 Å². The summed E-state index contributed by atoms with van der Waals surface area (Å²) in [6.07, 6.45) is 0.164. The van der Waals surface area contributed by atoms with Crippen LogP contribution < -0.4 is 5.32 Å². The van der Waals surface area contributed by atoms with E-state index in [0.29, 0.717) is 10.6 Å². The minimum atomic E-state index is -0.595. The number of carbonyl (C=O) groups is 1. The van der Waals surface area contributed by atoms with E-state index in [1.165, 1.54) is 18.2 Å². The van der Waals surface area contributed by atoms with Crippen LogP contribution in [-0.4, -0.2) is 33.3 Å². The average Bonchev–Trinajstić information content (AvgIpc) is 2.91. The molecule has 0 spiro atoms. The summed E-state index contributed by atoms with van der Waals surface area (Å²) >= 11 is 6.11. The fourth-order valence-electron chi connectivity index (χ4n) is 1.54. The Morgan fingerprint density at radius 3 is 2.95 bits per heavy atom. The number of hydrogen-bond acceptors (Lipinski definition) is 5. The van der Waals surface area contributed by atoms with Crippen molar-refractivity contribution in [2.24, 2.45) is 0 Å². The van der Waals surface area contributed by atoms with Gasteiger partial charge in [-0.2, -0.15) is 4.80 Å². The van der Waals surface area contributed by atoms with Gasteiger partial charge in [-0.1, -0.05) is 29.8 Å². The van der Waals surface area contributed by atoms with Gasteiger partial charge in [0.1, 0.15) is 6.54 Å². The largest absolute Gasteiger partial charge is 0.439 e. The number of halogens is 1. The SMILES string of the molecule is CNC(=O)OC(Cn1ncnn1)c1ccccc1Cl. The second kappa shape index (κ2) is 6.14. The summed E-state index contributed by atoms with van der Waals surface area (Å²) in [6, 6.07) is 7.13. The predicted octanol–water partition coefficient (Wildman–Crippen LogP) is 1.42. The molecule has 7 nitrogen and oxygen atoms in total. The van der Waals surface area contributed by atoms with E-state index in [1.54, 1.807) is 18.2 Å². The van der Waals surface area contributed by atoms with E-state index in [4.69, 9.17) is 16.3 Å². The van der Waals surface area contributed by atoms with E-state index in [1.807, 2.05) is 6.07 Å². The Morgan fingerprint density at radius 1 is 1.53 bits per heavy atom. The Morgan fingerprint density at radius 2 is 2.32 bits per heavy atom. The van der Waals surface area contributed by atoms with Gasteiger partial charge in [-0.3, -0.25) is 0 Å². The van der Waals surface area contributed by atoms with Crippen LogP contribution in [0.3, 0.4) is 0 Å². The van der Waals surface area contributed by atoms with E-state index in [9.17, 15) is 4.79 Å². The average molecular weight is 282 g/mol. The van der Waals surface area contributed by atoms with Crippen LogP contribution in [-0.2, 0) is 11.3 Å². The number of benzene rings is 1. The molecule has 0 saturated carbocycles. The number of aromatic nitrogens is 4. The summed E-state index contributed by atoms with van der Waals surface area (Å²) in [4.78, 5) is 12.7. The van der Waals surface area contributed by atoms with Crippen molar-refractivity contribution in [1.29, 1.82) is 0 Å². The van der Waals surface area contributed by atoms with E-state index in [-0.39, 0.29) is 6.54 Å². The maximum absolute atomic E-state index is 11.4. The molecule has 2 rings (SSSR count). The normalized spacial score (nSPS) is 11.9. The topological polar surface area (TPSA) is 81.9 Å². The molecule has 0 fully saturated rings. The molecule has 0 aliphatic carbocycles. The summed E-state index contributed by atoms with van der Waals surface area (Å²) in [7, 11) is 1.49. The van der Waals surface area contributed by atoms with Crippen molar-refractivity contribution in [1.82, 2.24) is 25.5 Å². The van der Waals surface area contributed by atoms with Gasteiger partial charge in [-0.15, -0.1) is 10.2 Å². The lowest BCUT2D eigenvalue weighted by molar-refractivity contribution is 0.0837. The van der Waals surface area contributed by atoms with Crippen LogP contribution in [0.4, 0.5) is 4.79 Å². The number of alkyl carbamates (subject to hydrolysis) is 1. The third-order valence-electron chi connectivity index (χ3n) is 2.43. The zero-order chi connectivity index (χ0) is 13.7. The molecule has 19 heavy (non-hydrogen) atoms. The van der Waals surface area contributed by atoms with Crippen LogP contribution in [0, 0.1) is 0 Å². The second-order valence-electron chi connectivity index (χ2n) is 3.66. The molecule has 1 amide bonds. The summed E-state index contributed by atoms with van der Waals surface area (Å²) in [5.74, 6) is 0. The quantitative estimate of drug-likeness (QED) is 0.916. The van der Waals surface area contributed by atoms with Gasteiger partial charge in [0.25, 0.3) is 0 Å². The van der Waals surface area contributed by atoms with Crippen molar-refractivity contribution >= 4 is 17.7 Å². The predicted molar refractivity (Wildman–Crippen MR) is 67.6 cm³/mol. The number of carbonyl (C=O) groups excluding carboxylic acids is 1. The first-order chi connectivity index (χ1) is 9.20. The maximum atomic E-state index is 11.4. The molecular weight excluding hydrogens is 270 g/mol. The highest BCUT2D eigenvalue weighted by molar-refractivity contribution is 6.31. The molecule has 0 bridgehead atoms. The number of hydrogen-bond donors (Lipinski definition) is 1. The van der Waals surface area contributed by atoms with Crippen molar-refractivity contribution in [3.8, 4) is 0 Å². The molecule has 8 heteroatoms. The van der Waals surface area contributed by atoms with Crippen molar-refractivity contribution in [3.63, 3.8) is 0 Å². The molecule has 100 valence electrons. The molecule has 0 radical (unpaired) electrons. The van der Waals surface area contributed by atoms with Gasteiger partial charge in [0.15, 0.2) is 12.4 Å². The Bertz CT molecular complexity index is 546. The Hall–Kier alpha value is -2.15. The van der Waals surface area contributed by atoms with Crippen LogP contribution in [0.1, 0.15) is 11.7 Å². The summed E-state index contributed by atoms with van der Waals surface area (Å²) in [5.41, 5.74) is 0.685. The van der Waals surface area contributed by atoms with E-state index in [0.717, 1.165) is 0 Å². The van der Waals surface area contributed by atoms with Gasteiger partial charge in [-0.25, -0.2) is 4.79 Å². The maximum Gasteiger partial charge on any atom is 0.407 e. The molecule has 1 aromatic heterocycles. The first-order valence-electron chi connectivity index (χ1n) is 5.54. The standard InChI is InChI=1S/C11H12ClN5O2/c1-13-11(18)19-10(6-17-15-7-14-16-17)8-4-2-3-5-9(8)12/h2-5,7,10H,6H2,1H3,(H,13,18). The van der Waals surface area contributed by atoms with Gasteiger partial charge in [-0.05, 0) is 11.3 Å². The number of tetrazole rings is 1. The highest BCUT2D eigenvalue weighted by Gasteiger charge is 2.20.